The van der Waals surface area contributed by atoms with Crippen molar-refractivity contribution >= 4 is 6.03 Å². The van der Waals surface area contributed by atoms with E-state index in [-0.39, 0.29) is 12.1 Å². The smallest absolute Gasteiger partial charge is 0.314 e. The van der Waals surface area contributed by atoms with Crippen molar-refractivity contribution in [1.29, 1.82) is 0 Å². The first-order valence-corrected chi connectivity index (χ1v) is 8.44. The fourth-order valence-corrected chi connectivity index (χ4v) is 2.87. The van der Waals surface area contributed by atoms with Crippen LogP contribution in [0.15, 0.2) is 0 Å². The molecule has 124 valence electrons. The highest BCUT2D eigenvalue weighted by molar-refractivity contribution is 5.73. The van der Waals surface area contributed by atoms with Gasteiger partial charge in [-0.25, -0.2) is 4.79 Å². The molecule has 0 bridgehead atoms. The molecule has 2 amide bonds. The van der Waals surface area contributed by atoms with Crippen LogP contribution in [-0.2, 0) is 0 Å². The quantitative estimate of drug-likeness (QED) is 0.673. The molecular weight excluding hydrogens is 266 g/mol. The minimum atomic E-state index is -0.370. The van der Waals surface area contributed by atoms with Gasteiger partial charge in [0.15, 0.2) is 0 Å². The van der Waals surface area contributed by atoms with Crippen LogP contribution in [-0.4, -0.2) is 54.4 Å². The lowest BCUT2D eigenvalue weighted by molar-refractivity contribution is 0.156. The molecule has 2 unspecified atom stereocenters. The van der Waals surface area contributed by atoms with Crippen LogP contribution in [0.3, 0.4) is 0 Å². The Labute approximate surface area is 129 Å². The molecule has 5 nitrogen and oxygen atoms in total. The van der Waals surface area contributed by atoms with Crippen molar-refractivity contribution in [2.24, 2.45) is 5.92 Å². The lowest BCUT2D eigenvalue weighted by Crippen LogP contribution is -2.49. The van der Waals surface area contributed by atoms with Crippen LogP contribution in [0.25, 0.3) is 0 Å². The predicted octanol–water partition coefficient (Wildman–Crippen LogP) is 1.96. The second kappa shape index (κ2) is 10.0. The van der Waals surface area contributed by atoms with Crippen molar-refractivity contribution < 1.29 is 9.90 Å². The number of amides is 2. The second-order valence-electron chi connectivity index (χ2n) is 6.54. The number of carbonyl (C=O) groups excluding carboxylic acids is 1. The van der Waals surface area contributed by atoms with Gasteiger partial charge in [-0.2, -0.15) is 0 Å². The highest BCUT2D eigenvalue weighted by Crippen LogP contribution is 2.16. The highest BCUT2D eigenvalue weighted by Gasteiger charge is 2.23. The van der Waals surface area contributed by atoms with E-state index in [0.29, 0.717) is 31.5 Å². The average molecular weight is 299 g/mol. The summed E-state index contributed by atoms with van der Waals surface area (Å²) in [7, 11) is 0. The molecule has 1 aliphatic heterocycles. The number of nitrogens with one attached hydrogen (secondary N) is 2. The van der Waals surface area contributed by atoms with E-state index in [1.54, 1.807) is 6.92 Å². The van der Waals surface area contributed by atoms with Crippen molar-refractivity contribution in [3.05, 3.63) is 0 Å². The van der Waals surface area contributed by atoms with Crippen LogP contribution >= 0.6 is 0 Å². The summed E-state index contributed by atoms with van der Waals surface area (Å²) in [5, 5.41) is 15.0. The van der Waals surface area contributed by atoms with Crippen LogP contribution in [0.2, 0.25) is 0 Å². The van der Waals surface area contributed by atoms with E-state index in [9.17, 15) is 9.90 Å². The molecule has 0 radical (unpaired) electrons. The van der Waals surface area contributed by atoms with Gasteiger partial charge in [-0.05, 0) is 45.2 Å². The van der Waals surface area contributed by atoms with E-state index < -0.39 is 0 Å². The number of aliphatic hydroxyl groups is 1. The molecule has 1 rings (SSSR count). The Morgan fingerprint density at radius 3 is 2.24 bits per heavy atom. The lowest BCUT2D eigenvalue weighted by atomic mass is 10.0. The summed E-state index contributed by atoms with van der Waals surface area (Å²) in [4.78, 5) is 14.3. The SMILES string of the molecule is CC(O)CCNC(=O)NCC(C(C)C)N1CCCCCC1. The van der Waals surface area contributed by atoms with Gasteiger partial charge in [0.2, 0.25) is 0 Å². The van der Waals surface area contributed by atoms with Crippen LogP contribution in [0, 0.1) is 5.92 Å². The number of nitrogens with zero attached hydrogens (tertiary/aromatic N) is 1. The molecule has 1 saturated heterocycles. The van der Waals surface area contributed by atoms with Crippen molar-refractivity contribution in [2.75, 3.05) is 26.2 Å². The van der Waals surface area contributed by atoms with Gasteiger partial charge in [0.05, 0.1) is 6.10 Å². The summed E-state index contributed by atoms with van der Waals surface area (Å²) in [5.74, 6) is 0.529. The summed E-state index contributed by atoms with van der Waals surface area (Å²) >= 11 is 0. The van der Waals surface area contributed by atoms with Gasteiger partial charge in [0.25, 0.3) is 0 Å². The molecule has 1 fully saturated rings. The molecule has 0 spiro atoms. The standard InChI is InChI=1S/C16H33N3O2/c1-13(2)15(19-10-6-4-5-7-11-19)12-18-16(21)17-9-8-14(3)20/h13-15,20H,4-12H2,1-3H3,(H2,17,18,21). The van der Waals surface area contributed by atoms with Crippen molar-refractivity contribution in [1.82, 2.24) is 15.5 Å². The Morgan fingerprint density at radius 2 is 1.71 bits per heavy atom. The zero-order valence-corrected chi connectivity index (χ0v) is 13.9. The van der Waals surface area contributed by atoms with Crippen LogP contribution in [0.1, 0.15) is 52.9 Å². The second-order valence-corrected chi connectivity index (χ2v) is 6.54. The van der Waals surface area contributed by atoms with Crippen LogP contribution < -0.4 is 10.6 Å². The third-order valence-corrected chi connectivity index (χ3v) is 4.20. The number of likely N-dealkylation sites (tertiary alicyclic amines) is 1. The monoisotopic (exact) mass is 299 g/mol. The maximum Gasteiger partial charge on any atom is 0.314 e. The number of urea groups is 1. The zero-order chi connectivity index (χ0) is 15.7. The van der Waals surface area contributed by atoms with Gasteiger partial charge >= 0.3 is 6.03 Å². The van der Waals surface area contributed by atoms with Gasteiger partial charge in [-0.3, -0.25) is 4.90 Å². The first kappa shape index (κ1) is 18.2. The minimum absolute atomic E-state index is 0.129. The average Bonchev–Trinajstić information content (AvgIpc) is 2.67. The molecule has 1 heterocycles. The van der Waals surface area contributed by atoms with E-state index in [1.165, 1.54) is 25.7 Å². The van der Waals surface area contributed by atoms with Gasteiger partial charge in [-0.1, -0.05) is 26.7 Å². The molecule has 0 saturated carbocycles. The fraction of sp³-hybridized carbons (Fsp3) is 0.938. The summed E-state index contributed by atoms with van der Waals surface area (Å²) in [6, 6.07) is 0.279. The molecule has 0 aromatic rings. The van der Waals surface area contributed by atoms with Gasteiger partial charge in [0, 0.05) is 19.1 Å². The molecule has 0 aromatic heterocycles. The molecule has 3 N–H and O–H groups in total. The Kier molecular flexibility index (Phi) is 8.69. The first-order chi connectivity index (χ1) is 10.0. The number of hydrogen-bond acceptors (Lipinski definition) is 3. The predicted molar refractivity (Wildman–Crippen MR) is 86.4 cm³/mol. The normalized spacial score (nSPS) is 19.9. The Balaban J connectivity index is 2.34. The molecule has 1 aliphatic rings. The number of hydrogen-bond donors (Lipinski definition) is 3. The van der Waals surface area contributed by atoms with Crippen molar-refractivity contribution in [3.8, 4) is 0 Å². The van der Waals surface area contributed by atoms with E-state index in [4.69, 9.17) is 0 Å². The summed E-state index contributed by atoms with van der Waals surface area (Å²) in [6.45, 7) is 9.68. The number of carbonyl (C=O) groups is 1. The van der Waals surface area contributed by atoms with Crippen molar-refractivity contribution in [3.63, 3.8) is 0 Å². The first-order valence-electron chi connectivity index (χ1n) is 8.44. The fourth-order valence-electron chi connectivity index (χ4n) is 2.87. The van der Waals surface area contributed by atoms with Crippen molar-refractivity contribution in [2.45, 2.75) is 65.0 Å². The van der Waals surface area contributed by atoms with E-state index in [0.717, 1.165) is 13.1 Å². The Bertz CT molecular complexity index is 287. The molecule has 0 aromatic carbocycles. The maximum atomic E-state index is 11.8. The largest absolute Gasteiger partial charge is 0.393 e. The molecule has 2 atom stereocenters. The maximum absolute atomic E-state index is 11.8. The van der Waals surface area contributed by atoms with Crippen LogP contribution in [0.5, 0.6) is 0 Å². The molecule has 21 heavy (non-hydrogen) atoms. The third-order valence-electron chi connectivity index (χ3n) is 4.20. The minimum Gasteiger partial charge on any atom is -0.393 e. The summed E-state index contributed by atoms with van der Waals surface area (Å²) in [6.07, 6.45) is 5.41. The summed E-state index contributed by atoms with van der Waals surface area (Å²) in [5.41, 5.74) is 0. The van der Waals surface area contributed by atoms with E-state index in [1.807, 2.05) is 0 Å². The lowest BCUT2D eigenvalue weighted by Gasteiger charge is -2.33. The zero-order valence-electron chi connectivity index (χ0n) is 13.9. The highest BCUT2D eigenvalue weighted by atomic mass is 16.3. The van der Waals surface area contributed by atoms with Gasteiger partial charge < -0.3 is 15.7 Å². The third kappa shape index (κ3) is 7.67. The Hall–Kier alpha value is -0.810. The topological polar surface area (TPSA) is 64.6 Å². The van der Waals surface area contributed by atoms with Gasteiger partial charge in [-0.15, -0.1) is 0 Å². The van der Waals surface area contributed by atoms with E-state index >= 15 is 0 Å². The molecule has 5 heteroatoms. The Morgan fingerprint density at radius 1 is 1.10 bits per heavy atom. The number of aliphatic hydroxyl groups excluding tert-OH is 1. The summed E-state index contributed by atoms with van der Waals surface area (Å²) < 4.78 is 0. The molecule has 0 aliphatic carbocycles. The number of rotatable bonds is 7. The van der Waals surface area contributed by atoms with Crippen LogP contribution in [0.4, 0.5) is 4.79 Å². The molecular formula is C16H33N3O2. The van der Waals surface area contributed by atoms with E-state index in [2.05, 4.69) is 29.4 Å². The van der Waals surface area contributed by atoms with Gasteiger partial charge in [0.1, 0.15) is 0 Å².